The smallest absolute Gasteiger partial charge is 0.253 e. The second kappa shape index (κ2) is 10.6. The average Bonchev–Trinajstić information content (AvgIpc) is 2.72. The highest BCUT2D eigenvalue weighted by atomic mass is 16.5. The Hall–Kier alpha value is -2.08. The summed E-state index contributed by atoms with van der Waals surface area (Å²) in [6.45, 7) is 10.8. The molecule has 2 rings (SSSR count). The zero-order valence-corrected chi connectivity index (χ0v) is 18.9. The molecule has 0 saturated heterocycles. The van der Waals surface area contributed by atoms with Crippen LogP contribution in [0.2, 0.25) is 0 Å². The molecule has 1 fully saturated rings. The van der Waals surface area contributed by atoms with Gasteiger partial charge in [-0.15, -0.1) is 0 Å². The van der Waals surface area contributed by atoms with Crippen LogP contribution < -0.4 is 10.6 Å². The maximum atomic E-state index is 12.0. The number of guanidine groups is 1. The van der Waals surface area contributed by atoms with Crippen LogP contribution >= 0.6 is 0 Å². The Morgan fingerprint density at radius 1 is 1.17 bits per heavy atom. The van der Waals surface area contributed by atoms with Crippen molar-refractivity contribution in [1.29, 1.82) is 0 Å². The van der Waals surface area contributed by atoms with Crippen molar-refractivity contribution in [2.75, 3.05) is 27.2 Å². The Bertz CT molecular complexity index is 681. The van der Waals surface area contributed by atoms with Gasteiger partial charge in [0.05, 0.1) is 12.6 Å². The Morgan fingerprint density at radius 2 is 1.83 bits per heavy atom. The minimum absolute atomic E-state index is 0.0133. The van der Waals surface area contributed by atoms with Gasteiger partial charge in [-0.25, -0.2) is 4.99 Å². The second-order valence-electron chi connectivity index (χ2n) is 7.91. The quantitative estimate of drug-likeness (QED) is 0.491. The lowest BCUT2D eigenvalue weighted by molar-refractivity contribution is -0.133. The Balaban J connectivity index is 2.05. The first-order chi connectivity index (χ1) is 13.9. The van der Waals surface area contributed by atoms with Crippen LogP contribution in [0.25, 0.3) is 0 Å². The first kappa shape index (κ1) is 23.2. The standard InChI is InChI=1S/C23H38N4O2/c1-7-23(8-2)19(15-20(23)29-10-4)26-22(24-9-3)25-16-17-11-13-18(14-12-17)21(28)27(5)6/h11-14,19-20H,7-10,15-16H2,1-6H3,(H2,24,25,26). The van der Waals surface area contributed by atoms with E-state index in [0.29, 0.717) is 24.3 Å². The molecule has 0 aliphatic heterocycles. The Labute approximate surface area is 176 Å². The second-order valence-corrected chi connectivity index (χ2v) is 7.91. The van der Waals surface area contributed by atoms with Crippen LogP contribution in [0.1, 0.15) is 62.9 Å². The predicted octanol–water partition coefficient (Wildman–Crippen LogP) is 3.43. The van der Waals surface area contributed by atoms with Crippen LogP contribution in [-0.2, 0) is 11.3 Å². The molecule has 0 bridgehead atoms. The van der Waals surface area contributed by atoms with Gasteiger partial charge in [-0.3, -0.25) is 4.79 Å². The van der Waals surface area contributed by atoms with E-state index in [0.717, 1.165) is 43.9 Å². The molecule has 1 aromatic carbocycles. The molecule has 0 spiro atoms. The number of carbonyl (C=O) groups excluding carboxylic acids is 1. The van der Waals surface area contributed by atoms with E-state index in [2.05, 4.69) is 38.3 Å². The van der Waals surface area contributed by atoms with Crippen molar-refractivity contribution in [3.05, 3.63) is 35.4 Å². The highest BCUT2D eigenvalue weighted by molar-refractivity contribution is 5.93. The van der Waals surface area contributed by atoms with Crippen molar-refractivity contribution in [3.63, 3.8) is 0 Å². The van der Waals surface area contributed by atoms with Gasteiger partial charge in [0.25, 0.3) is 5.91 Å². The van der Waals surface area contributed by atoms with E-state index in [4.69, 9.17) is 9.73 Å². The van der Waals surface area contributed by atoms with E-state index in [1.807, 2.05) is 24.3 Å². The molecule has 0 radical (unpaired) electrons. The molecule has 1 saturated carbocycles. The number of hydrogen-bond donors (Lipinski definition) is 2. The number of carbonyl (C=O) groups is 1. The zero-order valence-electron chi connectivity index (χ0n) is 18.9. The van der Waals surface area contributed by atoms with Gasteiger partial charge < -0.3 is 20.3 Å². The van der Waals surface area contributed by atoms with Crippen LogP contribution in [0.3, 0.4) is 0 Å². The molecule has 2 atom stereocenters. The summed E-state index contributed by atoms with van der Waals surface area (Å²) in [7, 11) is 3.52. The molecule has 2 unspecified atom stereocenters. The number of ether oxygens (including phenoxy) is 1. The summed E-state index contributed by atoms with van der Waals surface area (Å²) < 4.78 is 5.99. The van der Waals surface area contributed by atoms with Crippen molar-refractivity contribution in [3.8, 4) is 0 Å². The summed E-state index contributed by atoms with van der Waals surface area (Å²) in [6.07, 6.45) is 3.52. The van der Waals surface area contributed by atoms with E-state index in [-0.39, 0.29) is 11.3 Å². The van der Waals surface area contributed by atoms with Gasteiger partial charge in [0.2, 0.25) is 0 Å². The number of rotatable bonds is 9. The van der Waals surface area contributed by atoms with Crippen molar-refractivity contribution in [2.45, 2.75) is 65.6 Å². The first-order valence-electron chi connectivity index (χ1n) is 10.9. The minimum Gasteiger partial charge on any atom is -0.378 e. The number of nitrogens with one attached hydrogen (secondary N) is 2. The third-order valence-electron chi connectivity index (χ3n) is 6.15. The fourth-order valence-corrected chi connectivity index (χ4v) is 4.25. The van der Waals surface area contributed by atoms with E-state index in [9.17, 15) is 4.79 Å². The first-order valence-corrected chi connectivity index (χ1v) is 10.9. The Morgan fingerprint density at radius 3 is 2.34 bits per heavy atom. The zero-order chi connectivity index (χ0) is 21.4. The van der Waals surface area contributed by atoms with Gasteiger partial charge in [0, 0.05) is 44.3 Å². The van der Waals surface area contributed by atoms with Gasteiger partial charge in [-0.2, -0.15) is 0 Å². The fraction of sp³-hybridized carbons (Fsp3) is 0.652. The van der Waals surface area contributed by atoms with E-state index in [1.165, 1.54) is 0 Å². The lowest BCUT2D eigenvalue weighted by Gasteiger charge is -2.55. The molecule has 6 nitrogen and oxygen atoms in total. The number of benzene rings is 1. The highest BCUT2D eigenvalue weighted by Crippen LogP contribution is 2.48. The molecular formula is C23H38N4O2. The summed E-state index contributed by atoms with van der Waals surface area (Å²) in [5, 5.41) is 7.02. The number of nitrogens with zero attached hydrogens (tertiary/aromatic N) is 2. The minimum atomic E-state index is 0.0133. The van der Waals surface area contributed by atoms with Gasteiger partial charge in [-0.1, -0.05) is 26.0 Å². The van der Waals surface area contributed by atoms with Gasteiger partial charge in [0.15, 0.2) is 5.96 Å². The van der Waals surface area contributed by atoms with Crippen molar-refractivity contribution < 1.29 is 9.53 Å². The van der Waals surface area contributed by atoms with E-state index >= 15 is 0 Å². The van der Waals surface area contributed by atoms with Crippen molar-refractivity contribution in [2.24, 2.45) is 10.4 Å². The molecule has 1 aliphatic carbocycles. The van der Waals surface area contributed by atoms with E-state index < -0.39 is 0 Å². The highest BCUT2D eigenvalue weighted by Gasteiger charge is 2.53. The van der Waals surface area contributed by atoms with Gasteiger partial charge in [0.1, 0.15) is 0 Å². The monoisotopic (exact) mass is 402 g/mol. The molecule has 29 heavy (non-hydrogen) atoms. The summed E-state index contributed by atoms with van der Waals surface area (Å²) in [6, 6.07) is 8.05. The molecular weight excluding hydrogens is 364 g/mol. The third kappa shape index (κ3) is 5.30. The Kier molecular flexibility index (Phi) is 8.50. The van der Waals surface area contributed by atoms with Crippen LogP contribution in [0.5, 0.6) is 0 Å². The average molecular weight is 403 g/mol. The largest absolute Gasteiger partial charge is 0.378 e. The summed E-state index contributed by atoms with van der Waals surface area (Å²) >= 11 is 0. The predicted molar refractivity (Wildman–Crippen MR) is 119 cm³/mol. The maximum Gasteiger partial charge on any atom is 0.253 e. The van der Waals surface area contributed by atoms with Crippen LogP contribution in [0.4, 0.5) is 0 Å². The van der Waals surface area contributed by atoms with Crippen LogP contribution in [0, 0.1) is 5.41 Å². The molecule has 1 amide bonds. The van der Waals surface area contributed by atoms with Gasteiger partial charge in [-0.05, 0) is 50.8 Å². The molecule has 0 heterocycles. The molecule has 0 aromatic heterocycles. The number of aliphatic imine (C=N–C) groups is 1. The van der Waals surface area contributed by atoms with Crippen molar-refractivity contribution >= 4 is 11.9 Å². The summed E-state index contributed by atoms with van der Waals surface area (Å²) in [4.78, 5) is 18.4. The molecule has 2 N–H and O–H groups in total. The summed E-state index contributed by atoms with van der Waals surface area (Å²) in [5.74, 6) is 0.853. The maximum absolute atomic E-state index is 12.0. The molecule has 6 heteroatoms. The number of amides is 1. The molecule has 162 valence electrons. The molecule has 1 aliphatic rings. The number of hydrogen-bond acceptors (Lipinski definition) is 3. The lowest BCUT2D eigenvalue weighted by atomic mass is 9.58. The van der Waals surface area contributed by atoms with Crippen molar-refractivity contribution in [1.82, 2.24) is 15.5 Å². The third-order valence-corrected chi connectivity index (χ3v) is 6.15. The van der Waals surface area contributed by atoms with Crippen LogP contribution in [0.15, 0.2) is 29.3 Å². The molecule has 1 aromatic rings. The topological polar surface area (TPSA) is 66.0 Å². The summed E-state index contributed by atoms with van der Waals surface area (Å²) in [5.41, 5.74) is 1.94. The normalized spacial score (nSPS) is 20.7. The SMILES string of the molecule is CCNC(=NCc1ccc(C(=O)N(C)C)cc1)NC1CC(OCC)C1(CC)CC. The van der Waals surface area contributed by atoms with E-state index in [1.54, 1.807) is 19.0 Å². The van der Waals surface area contributed by atoms with Crippen LogP contribution in [-0.4, -0.2) is 56.2 Å². The van der Waals surface area contributed by atoms with Gasteiger partial charge >= 0.3 is 0 Å². The lowest BCUT2D eigenvalue weighted by Crippen LogP contribution is -2.65. The fourth-order valence-electron chi connectivity index (χ4n) is 4.25.